The molecule has 0 fully saturated rings. The molecule has 4 nitrogen and oxygen atoms in total. The predicted molar refractivity (Wildman–Crippen MR) is 60.8 cm³/mol. The molecule has 0 aromatic carbocycles. The van der Waals surface area contributed by atoms with Crippen LogP contribution in [-0.2, 0) is 19.1 Å². The van der Waals surface area contributed by atoms with Crippen LogP contribution in [0.5, 0.6) is 0 Å². The Morgan fingerprint density at radius 1 is 1.00 bits per heavy atom. The molecular formula is C12H22O4. The summed E-state index contributed by atoms with van der Waals surface area (Å²) in [7, 11) is 0. The van der Waals surface area contributed by atoms with Crippen LogP contribution in [0.25, 0.3) is 0 Å². The van der Waals surface area contributed by atoms with Crippen molar-refractivity contribution in [2.75, 3.05) is 13.2 Å². The highest BCUT2D eigenvalue weighted by atomic mass is 16.6. The van der Waals surface area contributed by atoms with Crippen LogP contribution in [0.4, 0.5) is 0 Å². The molecule has 94 valence electrons. The molecule has 4 heteroatoms. The van der Waals surface area contributed by atoms with Gasteiger partial charge in [-0.15, -0.1) is 0 Å². The van der Waals surface area contributed by atoms with Crippen LogP contribution >= 0.6 is 0 Å². The lowest BCUT2D eigenvalue weighted by Crippen LogP contribution is -2.28. The molecule has 0 aliphatic rings. The zero-order valence-corrected chi connectivity index (χ0v) is 10.6. The minimum Gasteiger partial charge on any atom is -0.465 e. The Kier molecular flexibility index (Phi) is 7.60. The van der Waals surface area contributed by atoms with Gasteiger partial charge in [-0.05, 0) is 19.3 Å². The maximum atomic E-state index is 11.6. The molecule has 0 radical (unpaired) electrons. The summed E-state index contributed by atoms with van der Waals surface area (Å²) >= 11 is 0. The van der Waals surface area contributed by atoms with Gasteiger partial charge in [0.2, 0.25) is 0 Å². The number of carbonyl (C=O) groups excluding carboxylic acids is 2. The number of esters is 2. The van der Waals surface area contributed by atoms with E-state index >= 15 is 0 Å². The zero-order chi connectivity index (χ0) is 12.6. The summed E-state index contributed by atoms with van der Waals surface area (Å²) < 4.78 is 9.88. The summed E-state index contributed by atoms with van der Waals surface area (Å²) in [4.78, 5) is 23.0. The Morgan fingerprint density at radius 3 is 2.00 bits per heavy atom. The Balaban J connectivity index is 4.15. The molecule has 0 amide bonds. The van der Waals surface area contributed by atoms with Crippen LogP contribution in [0.3, 0.4) is 0 Å². The third kappa shape index (κ3) is 5.14. The highest BCUT2D eigenvalue weighted by molar-refractivity contribution is 5.94. The van der Waals surface area contributed by atoms with Gasteiger partial charge in [0.05, 0.1) is 13.2 Å². The van der Waals surface area contributed by atoms with E-state index in [1.807, 2.05) is 13.8 Å². The normalized spacial score (nSPS) is 14.0. The molecule has 0 aliphatic heterocycles. The van der Waals surface area contributed by atoms with E-state index in [2.05, 4.69) is 0 Å². The highest BCUT2D eigenvalue weighted by Gasteiger charge is 2.27. The molecule has 0 N–H and O–H groups in total. The quantitative estimate of drug-likeness (QED) is 0.497. The third-order valence-corrected chi connectivity index (χ3v) is 2.47. The minimum absolute atomic E-state index is 0.286. The molecule has 0 aliphatic carbocycles. The van der Waals surface area contributed by atoms with Gasteiger partial charge in [0.1, 0.15) is 0 Å². The van der Waals surface area contributed by atoms with Crippen molar-refractivity contribution in [3.63, 3.8) is 0 Å². The van der Waals surface area contributed by atoms with E-state index in [-0.39, 0.29) is 6.61 Å². The fourth-order valence-electron chi connectivity index (χ4n) is 1.12. The first-order chi connectivity index (χ1) is 7.56. The second kappa shape index (κ2) is 8.13. The molecular weight excluding hydrogens is 208 g/mol. The number of carbonyl (C=O) groups is 2. The summed E-state index contributed by atoms with van der Waals surface area (Å²) in [5, 5.41) is 0. The van der Waals surface area contributed by atoms with Gasteiger partial charge >= 0.3 is 11.9 Å². The smallest absolute Gasteiger partial charge is 0.320 e. The second-order valence-electron chi connectivity index (χ2n) is 3.86. The van der Waals surface area contributed by atoms with Gasteiger partial charge in [-0.25, -0.2) is 0 Å². The lowest BCUT2D eigenvalue weighted by atomic mass is 10.1. The molecule has 0 heterocycles. The molecule has 16 heavy (non-hydrogen) atoms. The van der Waals surface area contributed by atoms with Gasteiger partial charge < -0.3 is 9.47 Å². The monoisotopic (exact) mass is 230 g/mol. The fourth-order valence-corrected chi connectivity index (χ4v) is 1.12. The maximum absolute atomic E-state index is 11.6. The van der Waals surface area contributed by atoms with Crippen molar-refractivity contribution in [2.24, 2.45) is 11.8 Å². The van der Waals surface area contributed by atoms with E-state index in [9.17, 15) is 9.59 Å². The molecule has 0 saturated heterocycles. The number of hydrogen-bond acceptors (Lipinski definition) is 4. The topological polar surface area (TPSA) is 52.6 Å². The Hall–Kier alpha value is -1.06. The average molecular weight is 230 g/mol. The van der Waals surface area contributed by atoms with E-state index in [1.165, 1.54) is 0 Å². The third-order valence-electron chi connectivity index (χ3n) is 2.47. The molecule has 2 atom stereocenters. The molecule has 0 bridgehead atoms. The van der Waals surface area contributed by atoms with Gasteiger partial charge in [-0.1, -0.05) is 27.2 Å². The van der Waals surface area contributed by atoms with Gasteiger partial charge in [-0.2, -0.15) is 0 Å². The molecule has 0 saturated carbocycles. The van der Waals surface area contributed by atoms with Crippen molar-refractivity contribution in [1.29, 1.82) is 0 Å². The summed E-state index contributed by atoms with van der Waals surface area (Å²) in [6.45, 7) is 8.17. The van der Waals surface area contributed by atoms with Gasteiger partial charge in [-0.3, -0.25) is 9.59 Å². The van der Waals surface area contributed by atoms with Crippen LogP contribution in [-0.4, -0.2) is 25.2 Å². The van der Waals surface area contributed by atoms with E-state index in [4.69, 9.17) is 9.47 Å². The number of hydrogen-bond donors (Lipinski definition) is 0. The number of rotatable bonds is 7. The number of ether oxygens (including phenoxy) is 2. The summed E-state index contributed by atoms with van der Waals surface area (Å²) in [6.07, 6.45) is 1.36. The highest BCUT2D eigenvalue weighted by Crippen LogP contribution is 2.10. The fraction of sp³-hybridized carbons (Fsp3) is 0.833. The predicted octanol–water partition coefficient (Wildman–Crippen LogP) is 2.17. The Morgan fingerprint density at radius 2 is 1.56 bits per heavy atom. The SMILES string of the molecule is CCOC(=O)C(CC)C(=O)OCC(C)CC. The Labute approximate surface area is 97.3 Å². The largest absolute Gasteiger partial charge is 0.465 e. The Bertz CT molecular complexity index is 225. The summed E-state index contributed by atoms with van der Waals surface area (Å²) in [5.74, 6) is -1.41. The second-order valence-corrected chi connectivity index (χ2v) is 3.86. The van der Waals surface area contributed by atoms with Crippen LogP contribution in [0.2, 0.25) is 0 Å². The van der Waals surface area contributed by atoms with Crippen LogP contribution in [0.15, 0.2) is 0 Å². The van der Waals surface area contributed by atoms with Gasteiger partial charge in [0.15, 0.2) is 5.92 Å². The van der Waals surface area contributed by atoms with Crippen molar-refractivity contribution < 1.29 is 19.1 Å². The van der Waals surface area contributed by atoms with Crippen molar-refractivity contribution in [2.45, 2.75) is 40.5 Å². The van der Waals surface area contributed by atoms with Crippen molar-refractivity contribution >= 4 is 11.9 Å². The standard InChI is InChI=1S/C12H22O4/c1-5-9(4)8-16-12(14)10(6-2)11(13)15-7-3/h9-10H,5-8H2,1-4H3. The van der Waals surface area contributed by atoms with E-state index in [1.54, 1.807) is 13.8 Å². The van der Waals surface area contributed by atoms with E-state index in [0.717, 1.165) is 6.42 Å². The molecule has 2 unspecified atom stereocenters. The zero-order valence-electron chi connectivity index (χ0n) is 10.6. The summed E-state index contributed by atoms with van der Waals surface area (Å²) in [5.41, 5.74) is 0. The first-order valence-electron chi connectivity index (χ1n) is 5.89. The average Bonchev–Trinajstić information content (AvgIpc) is 2.27. The van der Waals surface area contributed by atoms with Crippen molar-refractivity contribution in [3.8, 4) is 0 Å². The lowest BCUT2D eigenvalue weighted by Gasteiger charge is -2.14. The maximum Gasteiger partial charge on any atom is 0.320 e. The molecule has 0 rings (SSSR count). The molecule has 0 aromatic heterocycles. The van der Waals surface area contributed by atoms with Crippen LogP contribution in [0, 0.1) is 11.8 Å². The van der Waals surface area contributed by atoms with Gasteiger partial charge in [0, 0.05) is 0 Å². The first kappa shape index (κ1) is 14.9. The van der Waals surface area contributed by atoms with E-state index < -0.39 is 17.9 Å². The minimum atomic E-state index is -0.774. The van der Waals surface area contributed by atoms with Crippen LogP contribution < -0.4 is 0 Å². The van der Waals surface area contributed by atoms with Crippen molar-refractivity contribution in [1.82, 2.24) is 0 Å². The van der Waals surface area contributed by atoms with Crippen LogP contribution in [0.1, 0.15) is 40.5 Å². The lowest BCUT2D eigenvalue weighted by molar-refractivity contribution is -0.162. The van der Waals surface area contributed by atoms with Gasteiger partial charge in [0.25, 0.3) is 0 Å². The molecule has 0 aromatic rings. The first-order valence-corrected chi connectivity index (χ1v) is 5.89. The molecule has 0 spiro atoms. The van der Waals surface area contributed by atoms with Crippen molar-refractivity contribution in [3.05, 3.63) is 0 Å². The summed E-state index contributed by atoms with van der Waals surface area (Å²) in [6, 6.07) is 0. The van der Waals surface area contributed by atoms with E-state index in [0.29, 0.717) is 18.9 Å².